The maximum absolute atomic E-state index is 14.1. The number of nitrogens with zero attached hydrogens (tertiary/aromatic N) is 2. The number of hydrogen-bond acceptors (Lipinski definition) is 7. The molecule has 7 nitrogen and oxygen atoms in total. The molecule has 1 aromatic heterocycles. The summed E-state index contributed by atoms with van der Waals surface area (Å²) in [5, 5.41) is 0. The Balaban J connectivity index is 1.63. The predicted octanol–water partition coefficient (Wildman–Crippen LogP) is 6.12. The molecule has 0 bridgehead atoms. The van der Waals surface area contributed by atoms with Crippen LogP contribution < -0.4 is 24.4 Å². The van der Waals surface area contributed by atoms with Crippen LogP contribution >= 0.6 is 56.5 Å². The van der Waals surface area contributed by atoms with Crippen molar-refractivity contribution >= 4 is 68.6 Å². The van der Waals surface area contributed by atoms with Gasteiger partial charge >= 0.3 is 5.97 Å². The second-order valence-electron chi connectivity index (χ2n) is 9.53. The molecule has 3 aromatic carbocycles. The molecule has 0 amide bonds. The number of thiazole rings is 1. The first-order valence-corrected chi connectivity index (χ1v) is 16.5. The van der Waals surface area contributed by atoms with Gasteiger partial charge in [0.25, 0.3) is 5.56 Å². The van der Waals surface area contributed by atoms with E-state index in [9.17, 15) is 14.0 Å². The average molecular weight is 824 g/mol. The molecule has 1 aliphatic heterocycles. The SMILES string of the molecule is CCOC(=O)C1=C(C)N=c2s/c(=C\c3cc(I)cc(I)c3OCc3ccc(F)cc3)c(=O)n2[C@@H]1c1ccc(OCC)cc1. The monoisotopic (exact) mass is 824 g/mol. The van der Waals surface area contributed by atoms with Crippen LogP contribution in [-0.4, -0.2) is 23.8 Å². The fourth-order valence-electron chi connectivity index (χ4n) is 4.74. The van der Waals surface area contributed by atoms with Crippen LogP contribution in [0.5, 0.6) is 11.5 Å². The Labute approximate surface area is 279 Å². The number of halogens is 3. The van der Waals surface area contributed by atoms with Crippen LogP contribution in [0, 0.1) is 13.0 Å². The van der Waals surface area contributed by atoms with Crippen LogP contribution in [0.2, 0.25) is 0 Å². The van der Waals surface area contributed by atoms with Crippen molar-refractivity contribution in [3.63, 3.8) is 0 Å². The van der Waals surface area contributed by atoms with E-state index in [2.05, 4.69) is 50.2 Å². The first-order valence-electron chi connectivity index (χ1n) is 13.5. The molecule has 5 rings (SSSR count). The van der Waals surface area contributed by atoms with E-state index < -0.39 is 12.0 Å². The number of hydrogen-bond donors (Lipinski definition) is 0. The van der Waals surface area contributed by atoms with E-state index >= 15 is 0 Å². The van der Waals surface area contributed by atoms with Gasteiger partial charge < -0.3 is 14.2 Å². The van der Waals surface area contributed by atoms with Crippen LogP contribution in [0.15, 0.2) is 81.7 Å². The first kappa shape index (κ1) is 31.4. The fourth-order valence-corrected chi connectivity index (χ4v) is 7.82. The molecule has 222 valence electrons. The number of carbonyl (C=O) groups excluding carboxylic acids is 1. The highest BCUT2D eigenvalue weighted by molar-refractivity contribution is 14.1. The quantitative estimate of drug-likeness (QED) is 0.150. The zero-order valence-corrected chi connectivity index (χ0v) is 28.7. The van der Waals surface area contributed by atoms with Crippen molar-refractivity contribution in [1.29, 1.82) is 0 Å². The molecule has 0 unspecified atom stereocenters. The van der Waals surface area contributed by atoms with Crippen molar-refractivity contribution in [3.05, 3.63) is 121 Å². The lowest BCUT2D eigenvalue weighted by atomic mass is 9.96. The number of allylic oxidation sites excluding steroid dienone is 1. The van der Waals surface area contributed by atoms with E-state index in [0.29, 0.717) is 38.7 Å². The molecule has 43 heavy (non-hydrogen) atoms. The summed E-state index contributed by atoms with van der Waals surface area (Å²) < 4.78 is 34.4. The van der Waals surface area contributed by atoms with Gasteiger partial charge in [0.1, 0.15) is 23.9 Å². The minimum Gasteiger partial charge on any atom is -0.494 e. The van der Waals surface area contributed by atoms with Gasteiger partial charge in [-0.1, -0.05) is 35.6 Å². The molecule has 1 aliphatic rings. The predicted molar refractivity (Wildman–Crippen MR) is 181 cm³/mol. The number of carbonyl (C=O) groups is 1. The first-order chi connectivity index (χ1) is 20.7. The molecular formula is C32H27FI2N2O5S. The lowest BCUT2D eigenvalue weighted by molar-refractivity contribution is -0.139. The van der Waals surface area contributed by atoms with Gasteiger partial charge in [0, 0.05) is 9.13 Å². The molecule has 0 saturated carbocycles. The number of aromatic nitrogens is 1. The number of rotatable bonds is 9. The zero-order valence-electron chi connectivity index (χ0n) is 23.5. The third-order valence-electron chi connectivity index (χ3n) is 6.64. The Morgan fingerprint density at radius 3 is 2.44 bits per heavy atom. The summed E-state index contributed by atoms with van der Waals surface area (Å²) in [6.45, 7) is 6.36. The van der Waals surface area contributed by atoms with Gasteiger partial charge in [0.15, 0.2) is 4.80 Å². The molecule has 0 radical (unpaired) electrons. The largest absolute Gasteiger partial charge is 0.494 e. The summed E-state index contributed by atoms with van der Waals surface area (Å²) in [5.74, 6) is 0.482. The zero-order chi connectivity index (χ0) is 30.7. The summed E-state index contributed by atoms with van der Waals surface area (Å²) in [6.07, 6.45) is 1.80. The summed E-state index contributed by atoms with van der Waals surface area (Å²) in [4.78, 5) is 32.4. The van der Waals surface area contributed by atoms with Crippen LogP contribution in [0.3, 0.4) is 0 Å². The molecular weight excluding hydrogens is 797 g/mol. The highest BCUT2D eigenvalue weighted by Crippen LogP contribution is 2.32. The standard InChI is InChI=1S/C32H27FI2N2O5S/c1-4-40-24-12-8-20(9-13-24)28-27(31(39)41-5-2)18(3)36-32-37(28)30(38)26(43-32)15-21-14-23(34)16-25(35)29(21)42-17-19-6-10-22(33)11-7-19/h6-16,28H,4-5,17H2,1-3H3/b26-15-/t28-/m1/s1. The topological polar surface area (TPSA) is 79.1 Å². The van der Waals surface area contributed by atoms with Gasteiger partial charge in [-0.15, -0.1) is 0 Å². The van der Waals surface area contributed by atoms with E-state index in [1.165, 1.54) is 23.5 Å². The highest BCUT2D eigenvalue weighted by Gasteiger charge is 2.33. The highest BCUT2D eigenvalue weighted by atomic mass is 127. The molecule has 1 atom stereocenters. The lowest BCUT2D eigenvalue weighted by Gasteiger charge is -2.24. The number of fused-ring (bicyclic) bond motifs is 1. The van der Waals surface area contributed by atoms with Gasteiger partial charge in [-0.05, 0) is 120 Å². The fraction of sp³-hybridized carbons (Fsp3) is 0.219. The van der Waals surface area contributed by atoms with Gasteiger partial charge in [-0.25, -0.2) is 14.2 Å². The minimum atomic E-state index is -0.724. The Morgan fingerprint density at radius 2 is 1.77 bits per heavy atom. The molecule has 0 saturated heterocycles. The maximum atomic E-state index is 14.1. The van der Waals surface area contributed by atoms with Crippen molar-refractivity contribution in [2.75, 3.05) is 13.2 Å². The number of benzene rings is 3. The molecule has 0 N–H and O–H groups in total. The van der Waals surface area contributed by atoms with Crippen molar-refractivity contribution in [3.8, 4) is 11.5 Å². The van der Waals surface area contributed by atoms with Crippen LogP contribution in [0.1, 0.15) is 43.5 Å². The second kappa shape index (κ2) is 13.7. The Hall–Kier alpha value is -3.04. The minimum absolute atomic E-state index is 0.196. The summed E-state index contributed by atoms with van der Waals surface area (Å²) >= 11 is 5.69. The average Bonchev–Trinajstić information content (AvgIpc) is 3.27. The van der Waals surface area contributed by atoms with Gasteiger partial charge in [-0.2, -0.15) is 0 Å². The molecule has 0 spiro atoms. The van der Waals surface area contributed by atoms with E-state index in [4.69, 9.17) is 14.2 Å². The maximum Gasteiger partial charge on any atom is 0.338 e. The van der Waals surface area contributed by atoms with E-state index in [1.54, 1.807) is 36.6 Å². The Kier molecular flexibility index (Phi) is 10.0. The lowest BCUT2D eigenvalue weighted by Crippen LogP contribution is -2.39. The Morgan fingerprint density at radius 1 is 1.05 bits per heavy atom. The van der Waals surface area contributed by atoms with Gasteiger partial charge in [-0.3, -0.25) is 9.36 Å². The second-order valence-corrected chi connectivity index (χ2v) is 12.9. The van der Waals surface area contributed by atoms with Crippen LogP contribution in [0.25, 0.3) is 6.08 Å². The van der Waals surface area contributed by atoms with E-state index in [0.717, 1.165) is 23.8 Å². The Bertz CT molecular complexity index is 1880. The summed E-state index contributed by atoms with van der Waals surface area (Å²) in [6, 6.07) is 16.7. The number of esters is 1. The molecule has 0 fully saturated rings. The van der Waals surface area contributed by atoms with Crippen molar-refractivity contribution in [2.45, 2.75) is 33.4 Å². The molecule has 0 aliphatic carbocycles. The van der Waals surface area contributed by atoms with Crippen molar-refractivity contribution < 1.29 is 23.4 Å². The number of ether oxygens (including phenoxy) is 3. The summed E-state index contributed by atoms with van der Waals surface area (Å²) in [7, 11) is 0. The third kappa shape index (κ3) is 6.88. The van der Waals surface area contributed by atoms with E-state index in [1.807, 2.05) is 43.3 Å². The third-order valence-corrected chi connectivity index (χ3v) is 9.05. The molecule has 11 heteroatoms. The summed E-state index contributed by atoms with van der Waals surface area (Å²) in [5.41, 5.74) is 2.81. The van der Waals surface area contributed by atoms with Gasteiger partial charge in [0.2, 0.25) is 0 Å². The molecule has 2 heterocycles. The molecule has 4 aromatic rings. The van der Waals surface area contributed by atoms with Crippen molar-refractivity contribution in [2.24, 2.45) is 4.99 Å². The normalized spacial score (nSPS) is 14.7. The van der Waals surface area contributed by atoms with Crippen LogP contribution in [0.4, 0.5) is 4.39 Å². The smallest absolute Gasteiger partial charge is 0.338 e. The van der Waals surface area contributed by atoms with E-state index in [-0.39, 0.29) is 24.6 Å². The van der Waals surface area contributed by atoms with Crippen molar-refractivity contribution in [1.82, 2.24) is 4.57 Å². The van der Waals surface area contributed by atoms with Crippen LogP contribution in [-0.2, 0) is 16.1 Å². The van der Waals surface area contributed by atoms with Gasteiger partial charge in [0.05, 0.1) is 38.6 Å².